The van der Waals surface area contributed by atoms with E-state index in [-0.39, 0.29) is 5.82 Å². The van der Waals surface area contributed by atoms with Crippen molar-refractivity contribution in [3.63, 3.8) is 0 Å². The maximum atomic E-state index is 13.6. The predicted molar refractivity (Wildman–Crippen MR) is 74.9 cm³/mol. The van der Waals surface area contributed by atoms with Gasteiger partial charge >= 0.3 is 0 Å². The molecule has 0 aliphatic carbocycles. The third-order valence-corrected chi connectivity index (χ3v) is 4.24. The Morgan fingerprint density at radius 1 is 1.44 bits per heavy atom. The summed E-state index contributed by atoms with van der Waals surface area (Å²) in [6.07, 6.45) is 3.35. The van der Waals surface area contributed by atoms with E-state index in [1.165, 1.54) is 29.5 Å². The van der Waals surface area contributed by atoms with Gasteiger partial charge in [-0.1, -0.05) is 11.6 Å². The lowest BCUT2D eigenvalue weighted by molar-refractivity contribution is 0.640. The van der Waals surface area contributed by atoms with Gasteiger partial charge in [-0.05, 0) is 35.6 Å². The van der Waals surface area contributed by atoms with Crippen molar-refractivity contribution in [1.82, 2.24) is 9.36 Å². The minimum Gasteiger partial charge on any atom is -0.358 e. The number of nitrogens with zero attached hydrogens (tertiary/aromatic N) is 1. The zero-order chi connectivity index (χ0) is 12.5. The van der Waals surface area contributed by atoms with Gasteiger partial charge in [-0.3, -0.25) is 0 Å². The Kier molecular flexibility index (Phi) is 3.15. The Hall–Kier alpha value is -1.24. The molecule has 0 saturated carbocycles. The normalized spacial score (nSPS) is 11.0. The van der Waals surface area contributed by atoms with Crippen LogP contribution in [0.4, 0.5) is 10.1 Å². The van der Waals surface area contributed by atoms with Crippen molar-refractivity contribution in [3.8, 4) is 0 Å². The molecular formula is C11H7ClFN3S2. The lowest BCUT2D eigenvalue weighted by Gasteiger charge is -2.05. The van der Waals surface area contributed by atoms with Gasteiger partial charge < -0.3 is 9.71 Å². The van der Waals surface area contributed by atoms with Crippen LogP contribution in [0.3, 0.4) is 0 Å². The van der Waals surface area contributed by atoms with Crippen LogP contribution in [0.2, 0.25) is 5.02 Å². The Morgan fingerprint density at radius 3 is 3.11 bits per heavy atom. The molecule has 0 radical (unpaired) electrons. The average molecular weight is 300 g/mol. The van der Waals surface area contributed by atoms with E-state index < -0.39 is 0 Å². The Bertz CT molecular complexity index is 681. The lowest BCUT2D eigenvalue weighted by Crippen LogP contribution is -1.89. The number of hydrogen-bond acceptors (Lipinski definition) is 4. The van der Waals surface area contributed by atoms with Crippen LogP contribution in [-0.2, 0) is 0 Å². The van der Waals surface area contributed by atoms with Gasteiger partial charge in [0.1, 0.15) is 5.82 Å². The van der Waals surface area contributed by atoms with Crippen LogP contribution in [0.5, 0.6) is 0 Å². The van der Waals surface area contributed by atoms with Gasteiger partial charge in [0.15, 0.2) is 0 Å². The van der Waals surface area contributed by atoms with Crippen molar-refractivity contribution in [2.24, 2.45) is 0 Å². The largest absolute Gasteiger partial charge is 0.358 e. The molecule has 0 aliphatic rings. The van der Waals surface area contributed by atoms with E-state index in [1.54, 1.807) is 18.5 Å². The fourth-order valence-corrected chi connectivity index (χ4v) is 3.14. The molecule has 18 heavy (non-hydrogen) atoms. The molecule has 3 nitrogen and oxygen atoms in total. The number of benzene rings is 1. The summed E-state index contributed by atoms with van der Waals surface area (Å²) in [6, 6.07) is 3.08. The van der Waals surface area contributed by atoms with Gasteiger partial charge in [0.25, 0.3) is 0 Å². The fraction of sp³-hybridized carbons (Fsp3) is 0. The van der Waals surface area contributed by atoms with Crippen LogP contribution in [-0.4, -0.2) is 9.36 Å². The summed E-state index contributed by atoms with van der Waals surface area (Å²) in [7, 11) is 0. The number of rotatable bonds is 3. The molecule has 0 spiro atoms. The van der Waals surface area contributed by atoms with Crippen molar-refractivity contribution >= 4 is 51.7 Å². The molecule has 0 fully saturated rings. The highest BCUT2D eigenvalue weighted by Gasteiger charge is 2.11. The van der Waals surface area contributed by atoms with E-state index in [2.05, 4.69) is 14.1 Å². The highest BCUT2D eigenvalue weighted by molar-refractivity contribution is 8.00. The quantitative estimate of drug-likeness (QED) is 0.698. The van der Waals surface area contributed by atoms with Gasteiger partial charge in [0.2, 0.25) is 0 Å². The van der Waals surface area contributed by atoms with Crippen molar-refractivity contribution in [3.05, 3.63) is 40.7 Å². The highest BCUT2D eigenvalue weighted by Crippen LogP contribution is 2.33. The molecule has 0 bridgehead atoms. The third kappa shape index (κ3) is 2.07. The zero-order valence-corrected chi connectivity index (χ0v) is 11.3. The number of aromatic nitrogens is 2. The van der Waals surface area contributed by atoms with Crippen LogP contribution in [0, 0.1) is 5.82 Å². The van der Waals surface area contributed by atoms with E-state index in [4.69, 9.17) is 11.6 Å². The summed E-state index contributed by atoms with van der Waals surface area (Å²) >= 11 is 8.74. The molecule has 3 rings (SSSR count). The Labute approximate surface area is 116 Å². The molecular weight excluding hydrogens is 293 g/mol. The van der Waals surface area contributed by atoms with Gasteiger partial charge in [0.05, 0.1) is 32.7 Å². The summed E-state index contributed by atoms with van der Waals surface area (Å²) in [4.78, 5) is 3.98. The first-order chi connectivity index (χ1) is 8.75. The summed E-state index contributed by atoms with van der Waals surface area (Å²) in [6.45, 7) is 0. The van der Waals surface area contributed by atoms with Crippen LogP contribution in [0.25, 0.3) is 10.9 Å². The molecule has 2 N–H and O–H groups in total. The molecule has 0 unspecified atom stereocenters. The van der Waals surface area contributed by atoms with Crippen molar-refractivity contribution < 1.29 is 4.39 Å². The molecule has 92 valence electrons. The zero-order valence-electron chi connectivity index (χ0n) is 8.91. The van der Waals surface area contributed by atoms with E-state index in [1.807, 2.05) is 5.38 Å². The second-order valence-corrected chi connectivity index (χ2v) is 5.49. The minimum absolute atomic E-state index is 0.330. The van der Waals surface area contributed by atoms with Gasteiger partial charge in [0, 0.05) is 11.6 Å². The Balaban J connectivity index is 1.95. The van der Waals surface area contributed by atoms with E-state index >= 15 is 0 Å². The topological polar surface area (TPSA) is 40.7 Å². The van der Waals surface area contributed by atoms with Gasteiger partial charge in [-0.2, -0.15) is 4.37 Å². The summed E-state index contributed by atoms with van der Waals surface area (Å²) in [5, 5.41) is 2.72. The van der Waals surface area contributed by atoms with Crippen molar-refractivity contribution in [1.29, 1.82) is 0 Å². The summed E-state index contributed by atoms with van der Waals surface area (Å²) < 4.78 is 20.8. The monoisotopic (exact) mass is 299 g/mol. The highest BCUT2D eigenvalue weighted by atomic mass is 35.5. The molecule has 7 heteroatoms. The second kappa shape index (κ2) is 4.79. The molecule has 0 atom stereocenters. The minimum atomic E-state index is -0.330. The molecule has 3 aromatic rings. The number of aromatic amines is 1. The van der Waals surface area contributed by atoms with Gasteiger partial charge in [-0.25, -0.2) is 4.39 Å². The maximum absolute atomic E-state index is 13.6. The number of anilines is 1. The van der Waals surface area contributed by atoms with Gasteiger partial charge in [-0.15, -0.1) is 0 Å². The maximum Gasteiger partial charge on any atom is 0.134 e. The predicted octanol–water partition coefficient (Wildman–Crippen LogP) is 4.54. The van der Waals surface area contributed by atoms with Crippen LogP contribution in [0.1, 0.15) is 0 Å². The first kappa shape index (κ1) is 11.8. The first-order valence-electron chi connectivity index (χ1n) is 5.03. The Morgan fingerprint density at radius 2 is 2.33 bits per heavy atom. The van der Waals surface area contributed by atoms with Crippen LogP contribution >= 0.6 is 35.1 Å². The molecule has 0 aliphatic heterocycles. The van der Waals surface area contributed by atoms with Crippen LogP contribution in [0.15, 0.2) is 34.8 Å². The third-order valence-electron chi connectivity index (χ3n) is 2.43. The lowest BCUT2D eigenvalue weighted by atomic mass is 10.2. The second-order valence-electron chi connectivity index (χ2n) is 3.55. The van der Waals surface area contributed by atoms with E-state index in [0.29, 0.717) is 15.9 Å². The molecule has 2 heterocycles. The fourth-order valence-electron chi connectivity index (χ4n) is 1.61. The van der Waals surface area contributed by atoms with Crippen LogP contribution < -0.4 is 4.72 Å². The first-order valence-corrected chi connectivity index (χ1v) is 7.06. The smallest absolute Gasteiger partial charge is 0.134 e. The summed E-state index contributed by atoms with van der Waals surface area (Å²) in [5.74, 6) is -0.330. The number of H-pyrrole nitrogens is 1. The van der Waals surface area contributed by atoms with Crippen molar-refractivity contribution in [2.75, 3.05) is 4.72 Å². The molecule has 0 saturated heterocycles. The van der Waals surface area contributed by atoms with Crippen molar-refractivity contribution in [2.45, 2.75) is 4.90 Å². The number of hydrogen-bond donors (Lipinski definition) is 2. The number of halogens is 2. The molecule has 2 aromatic heterocycles. The molecule has 0 amide bonds. The number of nitrogens with one attached hydrogen (secondary N) is 2. The standard InChI is InChI=1S/C11H7ClFN3S2/c12-7-4-14-11-9(2-1-8(13)10(7)11)16-18-6-3-15-17-5-6/h1-5,14,16H. The SMILES string of the molecule is Fc1ccc(NSc2cnsc2)c2[nH]cc(Cl)c12. The van der Waals surface area contributed by atoms with E-state index in [9.17, 15) is 4.39 Å². The summed E-state index contributed by atoms with van der Waals surface area (Å²) in [5.41, 5.74) is 1.45. The average Bonchev–Trinajstić information content (AvgIpc) is 2.99. The number of fused-ring (bicyclic) bond motifs is 1. The van der Waals surface area contributed by atoms with E-state index in [0.717, 1.165) is 10.6 Å². The molecule has 1 aromatic carbocycles.